The van der Waals surface area contributed by atoms with E-state index in [0.717, 1.165) is 11.3 Å². The molecule has 0 fully saturated rings. The molecule has 3 heteroatoms. The van der Waals surface area contributed by atoms with Crippen LogP contribution in [0.5, 0.6) is 0 Å². The van der Waals surface area contributed by atoms with Crippen LogP contribution in [0.25, 0.3) is 0 Å². The lowest BCUT2D eigenvalue weighted by Gasteiger charge is -2.06. The Hall–Kier alpha value is -1.51. The summed E-state index contributed by atoms with van der Waals surface area (Å²) in [5, 5.41) is 2.96. The van der Waals surface area contributed by atoms with Gasteiger partial charge in [-0.2, -0.15) is 0 Å². The van der Waals surface area contributed by atoms with Crippen molar-refractivity contribution < 1.29 is 9.53 Å². The average Bonchev–Trinajstić information content (AvgIpc) is 2.15. The molecule has 0 aromatic heterocycles. The van der Waals surface area contributed by atoms with Crippen molar-refractivity contribution in [2.45, 2.75) is 6.92 Å². The molecule has 1 aromatic rings. The van der Waals surface area contributed by atoms with E-state index in [1.54, 1.807) is 6.92 Å². The summed E-state index contributed by atoms with van der Waals surface area (Å²) in [7, 11) is 0. The molecule has 1 N–H and O–H groups in total. The molecule has 0 heterocycles. The molecule has 1 rings (SSSR count). The number of rotatable bonds is 4. The highest BCUT2D eigenvalue weighted by molar-refractivity contribution is 5.75. The van der Waals surface area contributed by atoms with E-state index in [9.17, 15) is 4.79 Å². The Morgan fingerprint density at radius 1 is 1.57 bits per heavy atom. The third-order valence-electron chi connectivity index (χ3n) is 1.67. The van der Waals surface area contributed by atoms with Crippen molar-refractivity contribution in [3.63, 3.8) is 0 Å². The second kappa shape index (κ2) is 5.27. The predicted molar refractivity (Wildman–Crippen MR) is 56.0 cm³/mol. The summed E-state index contributed by atoms with van der Waals surface area (Å²) in [6.45, 7) is 6.18. The summed E-state index contributed by atoms with van der Waals surface area (Å²) >= 11 is 0. The zero-order valence-electron chi connectivity index (χ0n) is 8.25. The molecule has 14 heavy (non-hydrogen) atoms. The average molecular weight is 192 g/mol. The SMILES string of the molecule is [CH2]c1cccc(NCC(=O)OCC)c1. The number of hydrogen-bond donors (Lipinski definition) is 1. The van der Waals surface area contributed by atoms with Crippen LogP contribution in [-0.4, -0.2) is 19.1 Å². The van der Waals surface area contributed by atoms with Crippen LogP contribution in [0.4, 0.5) is 5.69 Å². The largest absolute Gasteiger partial charge is 0.465 e. The van der Waals surface area contributed by atoms with E-state index >= 15 is 0 Å². The maximum Gasteiger partial charge on any atom is 0.325 e. The molecule has 0 saturated heterocycles. The lowest BCUT2D eigenvalue weighted by molar-refractivity contribution is -0.140. The fraction of sp³-hybridized carbons (Fsp3) is 0.273. The van der Waals surface area contributed by atoms with Gasteiger partial charge in [0.2, 0.25) is 0 Å². The van der Waals surface area contributed by atoms with Crippen molar-refractivity contribution >= 4 is 11.7 Å². The van der Waals surface area contributed by atoms with Crippen molar-refractivity contribution in [1.29, 1.82) is 0 Å². The minimum absolute atomic E-state index is 0.192. The molecule has 0 saturated carbocycles. The number of carbonyl (C=O) groups excluding carboxylic acids is 1. The Morgan fingerprint density at radius 2 is 2.36 bits per heavy atom. The third-order valence-corrected chi connectivity index (χ3v) is 1.67. The van der Waals surface area contributed by atoms with Crippen LogP contribution >= 0.6 is 0 Å². The van der Waals surface area contributed by atoms with Crippen LogP contribution in [0.2, 0.25) is 0 Å². The number of nitrogens with one attached hydrogen (secondary N) is 1. The molecule has 0 atom stereocenters. The van der Waals surface area contributed by atoms with Crippen LogP contribution in [-0.2, 0) is 9.53 Å². The van der Waals surface area contributed by atoms with Crippen molar-refractivity contribution in [3.05, 3.63) is 36.8 Å². The molecule has 1 radical (unpaired) electrons. The van der Waals surface area contributed by atoms with E-state index in [1.807, 2.05) is 24.3 Å². The summed E-state index contributed by atoms with van der Waals surface area (Å²) in [5.74, 6) is -0.248. The molecule has 0 aliphatic heterocycles. The van der Waals surface area contributed by atoms with Gasteiger partial charge < -0.3 is 10.1 Å². The fourth-order valence-electron chi connectivity index (χ4n) is 1.07. The topological polar surface area (TPSA) is 38.3 Å². The van der Waals surface area contributed by atoms with Gasteiger partial charge in [-0.05, 0) is 31.5 Å². The maximum absolute atomic E-state index is 11.0. The summed E-state index contributed by atoms with van der Waals surface area (Å²) in [6, 6.07) is 7.54. The van der Waals surface area contributed by atoms with Gasteiger partial charge in [-0.1, -0.05) is 12.1 Å². The lowest BCUT2D eigenvalue weighted by Crippen LogP contribution is -2.16. The summed E-state index contributed by atoms with van der Waals surface area (Å²) < 4.78 is 4.78. The highest BCUT2D eigenvalue weighted by Crippen LogP contribution is 2.08. The molecule has 1 aromatic carbocycles. The van der Waals surface area contributed by atoms with Crippen molar-refractivity contribution in [2.75, 3.05) is 18.5 Å². The Labute approximate surface area is 84.1 Å². The number of hydrogen-bond acceptors (Lipinski definition) is 3. The molecular formula is C11H14NO2. The van der Waals surface area contributed by atoms with E-state index in [0.29, 0.717) is 6.61 Å². The quantitative estimate of drug-likeness (QED) is 0.740. The van der Waals surface area contributed by atoms with Gasteiger partial charge in [-0.15, -0.1) is 0 Å². The molecule has 75 valence electrons. The zero-order valence-corrected chi connectivity index (χ0v) is 8.25. The van der Waals surface area contributed by atoms with Gasteiger partial charge in [-0.3, -0.25) is 4.79 Å². The Bertz CT molecular complexity index is 310. The van der Waals surface area contributed by atoms with Gasteiger partial charge >= 0.3 is 5.97 Å². The van der Waals surface area contributed by atoms with Gasteiger partial charge in [0.05, 0.1) is 6.61 Å². The molecule has 0 spiro atoms. The Kier molecular flexibility index (Phi) is 3.98. The molecule has 0 bridgehead atoms. The van der Waals surface area contributed by atoms with Gasteiger partial charge in [0, 0.05) is 5.69 Å². The minimum Gasteiger partial charge on any atom is -0.465 e. The molecular weight excluding hydrogens is 178 g/mol. The molecule has 0 aliphatic carbocycles. The van der Waals surface area contributed by atoms with Crippen LogP contribution in [0.3, 0.4) is 0 Å². The van der Waals surface area contributed by atoms with Crippen LogP contribution < -0.4 is 5.32 Å². The maximum atomic E-state index is 11.0. The molecule has 3 nitrogen and oxygen atoms in total. The van der Waals surface area contributed by atoms with E-state index in [4.69, 9.17) is 4.74 Å². The fourth-order valence-corrected chi connectivity index (χ4v) is 1.07. The smallest absolute Gasteiger partial charge is 0.325 e. The van der Waals surface area contributed by atoms with E-state index in [-0.39, 0.29) is 12.5 Å². The van der Waals surface area contributed by atoms with Gasteiger partial charge in [0.1, 0.15) is 6.54 Å². The number of ether oxygens (including phenoxy) is 1. The zero-order chi connectivity index (χ0) is 10.4. The molecule has 0 aliphatic rings. The lowest BCUT2D eigenvalue weighted by atomic mass is 10.2. The van der Waals surface area contributed by atoms with Gasteiger partial charge in [-0.25, -0.2) is 0 Å². The van der Waals surface area contributed by atoms with Gasteiger partial charge in [0.15, 0.2) is 0 Å². The first kappa shape index (κ1) is 10.6. The normalized spacial score (nSPS) is 9.57. The summed E-state index contributed by atoms with van der Waals surface area (Å²) in [4.78, 5) is 11.0. The summed E-state index contributed by atoms with van der Waals surface area (Å²) in [6.07, 6.45) is 0. The van der Waals surface area contributed by atoms with E-state index in [1.165, 1.54) is 0 Å². The highest BCUT2D eigenvalue weighted by atomic mass is 16.5. The highest BCUT2D eigenvalue weighted by Gasteiger charge is 2.00. The van der Waals surface area contributed by atoms with Crippen LogP contribution in [0, 0.1) is 6.92 Å². The minimum atomic E-state index is -0.248. The standard InChI is InChI=1S/C11H14NO2/c1-3-14-11(13)8-12-10-6-4-5-9(2)7-10/h4-7,12H,2-3,8H2,1H3. The second-order valence-corrected chi connectivity index (χ2v) is 2.86. The number of esters is 1. The first-order valence-corrected chi connectivity index (χ1v) is 4.54. The number of benzene rings is 1. The summed E-state index contributed by atoms with van der Waals surface area (Å²) in [5.41, 5.74) is 1.80. The van der Waals surface area contributed by atoms with Gasteiger partial charge in [0.25, 0.3) is 0 Å². The first-order valence-electron chi connectivity index (χ1n) is 4.54. The third kappa shape index (κ3) is 3.47. The number of anilines is 1. The monoisotopic (exact) mass is 192 g/mol. The predicted octanol–water partition coefficient (Wildman–Crippen LogP) is 1.84. The van der Waals surface area contributed by atoms with Crippen molar-refractivity contribution in [3.8, 4) is 0 Å². The van der Waals surface area contributed by atoms with Crippen molar-refractivity contribution in [2.24, 2.45) is 0 Å². The van der Waals surface area contributed by atoms with Crippen LogP contribution in [0.1, 0.15) is 12.5 Å². The Balaban J connectivity index is 2.41. The second-order valence-electron chi connectivity index (χ2n) is 2.86. The first-order chi connectivity index (χ1) is 6.72. The molecule has 0 unspecified atom stereocenters. The number of carbonyl (C=O) groups is 1. The molecule has 0 amide bonds. The van der Waals surface area contributed by atoms with Crippen molar-refractivity contribution in [1.82, 2.24) is 0 Å². The van der Waals surface area contributed by atoms with Crippen LogP contribution in [0.15, 0.2) is 24.3 Å². The Morgan fingerprint density at radius 3 is 3.00 bits per heavy atom. The van der Waals surface area contributed by atoms with E-state index < -0.39 is 0 Å². The van der Waals surface area contributed by atoms with E-state index in [2.05, 4.69) is 12.2 Å².